The average Bonchev–Trinajstić information content (AvgIpc) is 2.61. The van der Waals surface area contributed by atoms with Crippen LogP contribution in [0.3, 0.4) is 0 Å². The lowest BCUT2D eigenvalue weighted by Gasteiger charge is -2.16. The van der Waals surface area contributed by atoms with Crippen LogP contribution in [0.5, 0.6) is 11.5 Å². The van der Waals surface area contributed by atoms with Crippen molar-refractivity contribution in [1.82, 2.24) is 0 Å². The van der Waals surface area contributed by atoms with Crippen LogP contribution in [0.4, 0.5) is 0 Å². The molecule has 0 amide bonds. The van der Waals surface area contributed by atoms with E-state index in [1.165, 1.54) is 24.8 Å². The summed E-state index contributed by atoms with van der Waals surface area (Å²) in [6, 6.07) is 15.6. The quantitative estimate of drug-likeness (QED) is 0.625. The zero-order valence-corrected chi connectivity index (χ0v) is 14.6. The number of nitrogens with two attached hydrogens (primary N) is 1. The maximum absolute atomic E-state index is 9.40. The molecule has 0 saturated carbocycles. The average molecular weight is 327 g/mol. The van der Waals surface area contributed by atoms with E-state index in [4.69, 9.17) is 10.5 Å². The van der Waals surface area contributed by atoms with E-state index in [0.29, 0.717) is 6.54 Å². The second-order valence-corrected chi connectivity index (χ2v) is 6.28. The lowest BCUT2D eigenvalue weighted by Crippen LogP contribution is -2.15. The topological polar surface area (TPSA) is 55.5 Å². The molecule has 0 aliphatic carbocycles. The van der Waals surface area contributed by atoms with Crippen LogP contribution in [0.2, 0.25) is 0 Å². The number of rotatable bonds is 10. The van der Waals surface area contributed by atoms with E-state index in [-0.39, 0.29) is 11.7 Å². The van der Waals surface area contributed by atoms with Crippen LogP contribution in [0.1, 0.15) is 49.7 Å². The molecule has 2 aromatic rings. The summed E-state index contributed by atoms with van der Waals surface area (Å²) in [5, 5.41) is 9.40. The smallest absolute Gasteiger partial charge is 0.119 e. The van der Waals surface area contributed by atoms with Crippen LogP contribution in [0.15, 0.2) is 48.5 Å². The molecule has 24 heavy (non-hydrogen) atoms. The van der Waals surface area contributed by atoms with Gasteiger partial charge in [0.1, 0.15) is 11.5 Å². The minimum atomic E-state index is 0.256. The Bertz CT molecular complexity index is 578. The summed E-state index contributed by atoms with van der Waals surface area (Å²) in [6.45, 7) is 3.59. The summed E-state index contributed by atoms with van der Waals surface area (Å²) in [5.74, 6) is 1.48. The Labute approximate surface area is 145 Å². The molecule has 1 unspecified atom stereocenters. The van der Waals surface area contributed by atoms with Gasteiger partial charge in [0.25, 0.3) is 0 Å². The molecule has 0 spiro atoms. The summed E-state index contributed by atoms with van der Waals surface area (Å²) < 4.78 is 5.78. The van der Waals surface area contributed by atoms with Crippen molar-refractivity contribution in [2.24, 2.45) is 5.73 Å². The monoisotopic (exact) mass is 327 g/mol. The Morgan fingerprint density at radius 1 is 0.958 bits per heavy atom. The second kappa shape index (κ2) is 9.99. The zero-order chi connectivity index (χ0) is 17.2. The minimum Gasteiger partial charge on any atom is -0.508 e. The number of hydrogen-bond acceptors (Lipinski definition) is 3. The number of ether oxygens (including phenoxy) is 1. The van der Waals surface area contributed by atoms with E-state index in [1.807, 2.05) is 24.3 Å². The third-order valence-electron chi connectivity index (χ3n) is 4.32. The van der Waals surface area contributed by atoms with Crippen molar-refractivity contribution < 1.29 is 9.84 Å². The van der Waals surface area contributed by atoms with Gasteiger partial charge in [0.05, 0.1) is 6.61 Å². The first kappa shape index (κ1) is 18.3. The van der Waals surface area contributed by atoms with E-state index in [9.17, 15) is 5.11 Å². The summed E-state index contributed by atoms with van der Waals surface area (Å²) in [5.41, 5.74) is 8.34. The van der Waals surface area contributed by atoms with Crippen LogP contribution in [0.25, 0.3) is 0 Å². The lowest BCUT2D eigenvalue weighted by atomic mass is 9.92. The molecule has 0 aliphatic heterocycles. The first-order valence-electron chi connectivity index (χ1n) is 8.93. The van der Waals surface area contributed by atoms with Crippen LogP contribution < -0.4 is 10.5 Å². The van der Waals surface area contributed by atoms with Crippen molar-refractivity contribution in [2.45, 2.75) is 44.9 Å². The van der Waals surface area contributed by atoms with Crippen LogP contribution in [-0.4, -0.2) is 18.3 Å². The van der Waals surface area contributed by atoms with Gasteiger partial charge in [-0.2, -0.15) is 0 Å². The van der Waals surface area contributed by atoms with Gasteiger partial charge in [-0.15, -0.1) is 0 Å². The predicted octanol–water partition coefficient (Wildman–Crippen LogP) is 4.64. The van der Waals surface area contributed by atoms with Crippen molar-refractivity contribution >= 4 is 0 Å². The van der Waals surface area contributed by atoms with E-state index in [1.54, 1.807) is 12.1 Å². The molecule has 0 fully saturated rings. The molecule has 0 bridgehead atoms. The Balaban J connectivity index is 1.86. The standard InChI is InChI=1S/C21H29NO2/c1-2-3-4-5-14-24-21-12-6-17(7-13-21)15-19(16-22)18-8-10-20(23)11-9-18/h6-13,19,23H,2-5,14-16,22H2,1H3. The third-order valence-corrected chi connectivity index (χ3v) is 4.32. The molecule has 3 heteroatoms. The zero-order valence-electron chi connectivity index (χ0n) is 14.6. The maximum Gasteiger partial charge on any atom is 0.119 e. The normalized spacial score (nSPS) is 12.1. The van der Waals surface area contributed by atoms with Gasteiger partial charge in [-0.3, -0.25) is 0 Å². The molecule has 0 heterocycles. The third kappa shape index (κ3) is 5.89. The Morgan fingerprint density at radius 3 is 2.29 bits per heavy atom. The van der Waals surface area contributed by atoms with Crippen LogP contribution >= 0.6 is 0 Å². The van der Waals surface area contributed by atoms with Crippen molar-refractivity contribution in [3.63, 3.8) is 0 Å². The van der Waals surface area contributed by atoms with Gasteiger partial charge in [0, 0.05) is 5.92 Å². The first-order valence-corrected chi connectivity index (χ1v) is 8.93. The summed E-state index contributed by atoms with van der Waals surface area (Å²) in [6.07, 6.45) is 5.77. The van der Waals surface area contributed by atoms with E-state index < -0.39 is 0 Å². The highest BCUT2D eigenvalue weighted by molar-refractivity contribution is 5.32. The molecule has 3 N–H and O–H groups in total. The van der Waals surface area contributed by atoms with Gasteiger partial charge in [0.2, 0.25) is 0 Å². The fraction of sp³-hybridized carbons (Fsp3) is 0.429. The highest BCUT2D eigenvalue weighted by Gasteiger charge is 2.11. The maximum atomic E-state index is 9.40. The number of phenols is 1. The van der Waals surface area contributed by atoms with E-state index in [0.717, 1.165) is 30.8 Å². The highest BCUT2D eigenvalue weighted by Crippen LogP contribution is 2.23. The molecule has 1 atom stereocenters. The highest BCUT2D eigenvalue weighted by atomic mass is 16.5. The Kier molecular flexibility index (Phi) is 7.63. The molecule has 3 nitrogen and oxygen atoms in total. The van der Waals surface area contributed by atoms with Crippen molar-refractivity contribution in [3.8, 4) is 11.5 Å². The molecule has 2 rings (SSSR count). The van der Waals surface area contributed by atoms with Gasteiger partial charge >= 0.3 is 0 Å². The molecular weight excluding hydrogens is 298 g/mol. The van der Waals surface area contributed by atoms with E-state index in [2.05, 4.69) is 19.1 Å². The van der Waals surface area contributed by atoms with Crippen molar-refractivity contribution in [2.75, 3.05) is 13.2 Å². The Hall–Kier alpha value is -2.00. The largest absolute Gasteiger partial charge is 0.508 e. The number of benzene rings is 2. The second-order valence-electron chi connectivity index (χ2n) is 6.28. The fourth-order valence-electron chi connectivity index (χ4n) is 2.81. The van der Waals surface area contributed by atoms with Gasteiger partial charge in [-0.1, -0.05) is 50.5 Å². The molecule has 0 aliphatic rings. The van der Waals surface area contributed by atoms with Crippen molar-refractivity contribution in [3.05, 3.63) is 59.7 Å². The molecule has 0 aromatic heterocycles. The molecular formula is C21H29NO2. The van der Waals surface area contributed by atoms with Crippen molar-refractivity contribution in [1.29, 1.82) is 0 Å². The lowest BCUT2D eigenvalue weighted by molar-refractivity contribution is 0.305. The van der Waals surface area contributed by atoms with Gasteiger partial charge in [-0.05, 0) is 54.8 Å². The molecule has 2 aromatic carbocycles. The SMILES string of the molecule is CCCCCCOc1ccc(CC(CN)c2ccc(O)cc2)cc1. The van der Waals surface area contributed by atoms with E-state index >= 15 is 0 Å². The first-order chi connectivity index (χ1) is 11.7. The Morgan fingerprint density at radius 2 is 1.67 bits per heavy atom. The minimum absolute atomic E-state index is 0.256. The number of phenolic OH excluding ortho intramolecular Hbond substituents is 1. The summed E-state index contributed by atoms with van der Waals surface area (Å²) in [4.78, 5) is 0. The number of unbranched alkanes of at least 4 members (excludes halogenated alkanes) is 3. The van der Waals surface area contributed by atoms with Crippen LogP contribution in [0, 0.1) is 0 Å². The number of aromatic hydroxyl groups is 1. The number of hydrogen-bond donors (Lipinski definition) is 2. The molecule has 0 radical (unpaired) electrons. The fourth-order valence-corrected chi connectivity index (χ4v) is 2.81. The van der Waals surface area contributed by atoms with Crippen LogP contribution in [-0.2, 0) is 6.42 Å². The molecule has 130 valence electrons. The summed E-state index contributed by atoms with van der Waals surface area (Å²) in [7, 11) is 0. The summed E-state index contributed by atoms with van der Waals surface area (Å²) >= 11 is 0. The van der Waals surface area contributed by atoms with Gasteiger partial charge < -0.3 is 15.6 Å². The molecule has 0 saturated heterocycles. The van der Waals surface area contributed by atoms with Gasteiger partial charge in [-0.25, -0.2) is 0 Å². The predicted molar refractivity (Wildman–Crippen MR) is 99.7 cm³/mol. The van der Waals surface area contributed by atoms with Gasteiger partial charge in [0.15, 0.2) is 0 Å².